The Bertz CT molecular complexity index is 1410. The number of furan rings is 1. The van der Waals surface area contributed by atoms with Gasteiger partial charge in [-0.1, -0.05) is 13.0 Å². The molecule has 9 atom stereocenters. The van der Waals surface area contributed by atoms with Crippen molar-refractivity contribution in [1.29, 1.82) is 0 Å². The molecule has 9 nitrogen and oxygen atoms in total. The maximum absolute atomic E-state index is 17.5. The van der Waals surface area contributed by atoms with Crippen LogP contribution in [0.5, 0.6) is 0 Å². The van der Waals surface area contributed by atoms with Crippen LogP contribution in [0.3, 0.4) is 0 Å². The van der Waals surface area contributed by atoms with Gasteiger partial charge in [0.05, 0.1) is 31.4 Å². The van der Waals surface area contributed by atoms with Crippen LogP contribution in [-0.2, 0) is 35.3 Å². The number of Topliss-reactive ketones (excluding diaryl/α,β-unsaturated/α-hetero) is 1. The Morgan fingerprint density at radius 2 is 2.02 bits per heavy atom. The fourth-order valence-electron chi connectivity index (χ4n) is 8.77. The van der Waals surface area contributed by atoms with Crippen molar-refractivity contribution in [3.05, 3.63) is 48.0 Å². The normalized spacial score (nSPS) is 44.5. The zero-order chi connectivity index (χ0) is 28.9. The van der Waals surface area contributed by atoms with E-state index < -0.39 is 80.4 Å². The maximum Gasteiger partial charge on any atom is 0.264 e. The Labute approximate surface area is 231 Å². The summed E-state index contributed by atoms with van der Waals surface area (Å²) < 4.78 is 66.9. The van der Waals surface area contributed by atoms with Gasteiger partial charge in [-0.05, 0) is 55.9 Å². The van der Waals surface area contributed by atoms with Gasteiger partial charge in [0.2, 0.25) is 0 Å². The first kappa shape index (κ1) is 27.9. The molecule has 0 aromatic carbocycles. The summed E-state index contributed by atoms with van der Waals surface area (Å²) in [5.74, 6) is -3.11. The fourth-order valence-corrected chi connectivity index (χ4v) is 9.09. The molecule has 0 radical (unpaired) electrons. The molecule has 1 saturated heterocycles. The van der Waals surface area contributed by atoms with Gasteiger partial charge in [-0.2, -0.15) is 13.5 Å². The molecule has 218 valence electrons. The highest BCUT2D eigenvalue weighted by atomic mass is 32.2. The number of carbonyl (C=O) groups is 2. The molecule has 3 saturated carbocycles. The van der Waals surface area contributed by atoms with Gasteiger partial charge >= 0.3 is 0 Å². The number of fused-ring (bicyclic) bond motifs is 7. The number of alkyl halides is 2. The molecule has 4 aliphatic carbocycles. The van der Waals surface area contributed by atoms with Crippen molar-refractivity contribution in [2.75, 3.05) is 19.4 Å². The van der Waals surface area contributed by atoms with Crippen molar-refractivity contribution in [1.82, 2.24) is 5.06 Å². The van der Waals surface area contributed by atoms with Gasteiger partial charge in [-0.25, -0.2) is 8.78 Å². The second-order valence-corrected chi connectivity index (χ2v) is 14.1. The molecular weight excluding hydrogens is 548 g/mol. The van der Waals surface area contributed by atoms with E-state index in [0.717, 1.165) is 17.9 Å². The predicted molar refractivity (Wildman–Crippen MR) is 136 cm³/mol. The summed E-state index contributed by atoms with van der Waals surface area (Å²) in [5, 5.41) is 13.2. The average molecular weight is 582 g/mol. The summed E-state index contributed by atoms with van der Waals surface area (Å²) in [7, 11) is -3.96. The minimum Gasteiger partial charge on any atom is -0.472 e. The van der Waals surface area contributed by atoms with Crippen molar-refractivity contribution < 1.29 is 45.3 Å². The van der Waals surface area contributed by atoms with E-state index in [0.29, 0.717) is 6.42 Å². The van der Waals surface area contributed by atoms with E-state index in [-0.39, 0.29) is 31.5 Å². The number of hydrogen-bond donors (Lipinski definition) is 1. The lowest BCUT2D eigenvalue weighted by Crippen LogP contribution is -2.70. The number of carbonyl (C=O) groups excluding carboxylic acids is 2. The Hall–Kier alpha value is -2.25. The topological polar surface area (TPSA) is 123 Å². The number of hydroxylamine groups is 2. The molecule has 9 unspecified atom stereocenters. The van der Waals surface area contributed by atoms with Gasteiger partial charge in [0.25, 0.3) is 10.1 Å². The third kappa shape index (κ3) is 3.65. The van der Waals surface area contributed by atoms with Crippen LogP contribution in [-0.4, -0.2) is 73.1 Å². The van der Waals surface area contributed by atoms with E-state index >= 15 is 8.78 Å². The van der Waals surface area contributed by atoms with E-state index in [1.165, 1.54) is 25.3 Å². The molecule has 0 bridgehead atoms. The molecule has 4 fully saturated rings. The third-order valence-electron chi connectivity index (χ3n) is 10.4. The largest absolute Gasteiger partial charge is 0.472 e. The van der Waals surface area contributed by atoms with Crippen molar-refractivity contribution in [3.63, 3.8) is 0 Å². The summed E-state index contributed by atoms with van der Waals surface area (Å²) >= 11 is 0. The van der Waals surface area contributed by atoms with Crippen molar-refractivity contribution in [3.8, 4) is 0 Å². The molecule has 5 aliphatic rings. The number of nitrogens with zero attached hydrogens (tertiary/aromatic N) is 1. The molecule has 1 N–H and O–H groups in total. The molecule has 1 aliphatic heterocycles. The summed E-state index contributed by atoms with van der Waals surface area (Å²) in [6.07, 6.45) is 4.24. The smallest absolute Gasteiger partial charge is 0.264 e. The fraction of sp³-hybridized carbons (Fsp3) is 0.643. The van der Waals surface area contributed by atoms with Gasteiger partial charge in [0.1, 0.15) is 12.8 Å². The number of allylic oxidation sites excluding steroid dienone is 4. The summed E-state index contributed by atoms with van der Waals surface area (Å²) in [5.41, 5.74) is -5.84. The number of halogens is 2. The first-order chi connectivity index (χ1) is 18.7. The van der Waals surface area contributed by atoms with Gasteiger partial charge < -0.3 is 9.52 Å². The van der Waals surface area contributed by atoms with Gasteiger partial charge in [-0.15, -0.1) is 0 Å². The van der Waals surface area contributed by atoms with E-state index in [4.69, 9.17) is 13.4 Å². The molecular formula is C28H33F2NO8S. The molecule has 1 aromatic heterocycles. The molecule has 0 spiro atoms. The number of hydrogen-bond acceptors (Lipinski definition) is 9. The van der Waals surface area contributed by atoms with Crippen LogP contribution in [0.25, 0.3) is 0 Å². The van der Waals surface area contributed by atoms with Crippen molar-refractivity contribution in [2.24, 2.45) is 28.6 Å². The minimum absolute atomic E-state index is 0.0227. The predicted octanol–water partition coefficient (Wildman–Crippen LogP) is 2.86. The SMILES string of the molecule is CC12C=CC(=O)C=C1C(F)CC1C3CC4CN(Cc5ccoc5)OC4(C(=O)COS(C)(=O)=O)C3(C)CC(O)C12F. The van der Waals surface area contributed by atoms with Crippen LogP contribution in [0.4, 0.5) is 8.78 Å². The van der Waals surface area contributed by atoms with Crippen LogP contribution < -0.4 is 0 Å². The minimum atomic E-state index is -3.96. The highest BCUT2D eigenvalue weighted by molar-refractivity contribution is 7.86. The lowest BCUT2D eigenvalue weighted by Gasteiger charge is -2.63. The second-order valence-electron chi connectivity index (χ2n) is 12.5. The Morgan fingerprint density at radius 1 is 1.27 bits per heavy atom. The number of aliphatic hydroxyl groups is 1. The summed E-state index contributed by atoms with van der Waals surface area (Å²) in [6.45, 7) is 3.06. The van der Waals surface area contributed by atoms with Crippen molar-refractivity contribution in [2.45, 2.75) is 63.2 Å². The molecule has 2 heterocycles. The van der Waals surface area contributed by atoms with Crippen molar-refractivity contribution >= 4 is 21.7 Å². The Morgan fingerprint density at radius 3 is 2.70 bits per heavy atom. The standard InChI is InChI=1S/C28H33F2NO8S/c1-25-6-4-18(32)9-21(25)22(29)10-20-19-8-17-13-31(12-16-5-7-37-14-16)39-28(17,24(34)15-38-40(3,35)36)26(19,2)11-23(33)27(20,25)30/h4-7,9,14,17,19-20,22-23,33H,8,10-13,15H2,1-3H3. The maximum atomic E-state index is 17.5. The number of rotatable bonds is 6. The van der Waals surface area contributed by atoms with E-state index in [1.807, 2.05) is 0 Å². The van der Waals surface area contributed by atoms with Gasteiger partial charge in [0, 0.05) is 34.8 Å². The molecule has 0 amide bonds. The monoisotopic (exact) mass is 581 g/mol. The van der Waals surface area contributed by atoms with Crippen LogP contribution in [0.15, 0.2) is 46.8 Å². The van der Waals surface area contributed by atoms with E-state index in [1.54, 1.807) is 24.3 Å². The zero-order valence-electron chi connectivity index (χ0n) is 22.5. The van der Waals surface area contributed by atoms with Crippen LogP contribution >= 0.6 is 0 Å². The Kier molecular flexibility index (Phi) is 6.19. The van der Waals surface area contributed by atoms with Crippen LogP contribution in [0.1, 0.15) is 38.7 Å². The zero-order valence-corrected chi connectivity index (χ0v) is 23.3. The highest BCUT2D eigenvalue weighted by Gasteiger charge is 2.79. The molecule has 6 rings (SSSR count). The van der Waals surface area contributed by atoms with Crippen LogP contribution in [0, 0.1) is 28.6 Å². The third-order valence-corrected chi connectivity index (χ3v) is 11.0. The summed E-state index contributed by atoms with van der Waals surface area (Å²) in [6, 6.07) is 1.75. The second kappa shape index (κ2) is 8.87. The number of ketones is 2. The van der Waals surface area contributed by atoms with Gasteiger partial charge in [0.15, 0.2) is 22.8 Å². The highest BCUT2D eigenvalue weighted by Crippen LogP contribution is 2.72. The molecule has 12 heteroatoms. The lowest BCUT2D eigenvalue weighted by atomic mass is 9.44. The van der Waals surface area contributed by atoms with E-state index in [2.05, 4.69) is 0 Å². The quantitative estimate of drug-likeness (QED) is 0.505. The van der Waals surface area contributed by atoms with Crippen LogP contribution in [0.2, 0.25) is 0 Å². The number of aliphatic hydroxyl groups excluding tert-OH is 1. The molecule has 1 aromatic rings. The average Bonchev–Trinajstić information content (AvgIpc) is 3.56. The Balaban J connectivity index is 1.42. The first-order valence-corrected chi connectivity index (χ1v) is 15.3. The van der Waals surface area contributed by atoms with Gasteiger partial charge in [-0.3, -0.25) is 18.6 Å². The summed E-state index contributed by atoms with van der Waals surface area (Å²) in [4.78, 5) is 32.5. The lowest BCUT2D eigenvalue weighted by molar-refractivity contribution is -0.269. The first-order valence-electron chi connectivity index (χ1n) is 13.4. The molecule has 40 heavy (non-hydrogen) atoms. The van der Waals surface area contributed by atoms with E-state index in [9.17, 15) is 23.1 Å².